The van der Waals surface area contributed by atoms with E-state index in [0.717, 1.165) is 11.3 Å². The van der Waals surface area contributed by atoms with Gasteiger partial charge in [0.1, 0.15) is 5.82 Å². The highest BCUT2D eigenvalue weighted by Gasteiger charge is 2.06. The molecular formula is C10H8ClFN2. The van der Waals surface area contributed by atoms with Crippen molar-refractivity contribution in [1.82, 2.24) is 9.55 Å². The fourth-order valence-corrected chi connectivity index (χ4v) is 1.44. The highest BCUT2D eigenvalue weighted by molar-refractivity contribution is 6.28. The number of halogens is 2. The predicted octanol–water partition coefficient (Wildman–Crippen LogP) is 2.88. The van der Waals surface area contributed by atoms with Crippen molar-refractivity contribution >= 4 is 11.6 Å². The molecule has 0 aliphatic carbocycles. The summed E-state index contributed by atoms with van der Waals surface area (Å²) in [6.07, 6.45) is 1.62. The number of aromatic nitrogens is 2. The molecule has 0 amide bonds. The monoisotopic (exact) mass is 210 g/mol. The summed E-state index contributed by atoms with van der Waals surface area (Å²) in [5, 5.41) is 0.393. The van der Waals surface area contributed by atoms with Crippen molar-refractivity contribution in [3.8, 4) is 11.3 Å². The van der Waals surface area contributed by atoms with Gasteiger partial charge in [-0.25, -0.2) is 9.37 Å². The van der Waals surface area contributed by atoms with Crippen molar-refractivity contribution in [3.05, 3.63) is 41.6 Å². The van der Waals surface area contributed by atoms with Crippen LogP contribution in [0.4, 0.5) is 4.39 Å². The first-order valence-corrected chi connectivity index (χ1v) is 4.49. The molecule has 0 aliphatic rings. The van der Waals surface area contributed by atoms with E-state index in [2.05, 4.69) is 4.98 Å². The van der Waals surface area contributed by atoms with Gasteiger partial charge in [-0.15, -0.1) is 0 Å². The summed E-state index contributed by atoms with van der Waals surface area (Å²) in [6, 6.07) is 6.33. The summed E-state index contributed by atoms with van der Waals surface area (Å²) in [4.78, 5) is 3.93. The third kappa shape index (κ3) is 1.51. The van der Waals surface area contributed by atoms with Gasteiger partial charge in [-0.3, -0.25) is 0 Å². The van der Waals surface area contributed by atoms with Crippen molar-refractivity contribution in [2.45, 2.75) is 0 Å². The molecule has 0 N–H and O–H groups in total. The van der Waals surface area contributed by atoms with Crippen LogP contribution < -0.4 is 0 Å². The van der Waals surface area contributed by atoms with Crippen molar-refractivity contribution in [2.24, 2.45) is 7.05 Å². The molecule has 1 heterocycles. The zero-order valence-corrected chi connectivity index (χ0v) is 8.29. The Labute approximate surface area is 86.0 Å². The molecule has 4 heteroatoms. The molecule has 0 radical (unpaired) electrons. The average molecular weight is 211 g/mol. The predicted molar refractivity (Wildman–Crippen MR) is 53.6 cm³/mol. The van der Waals surface area contributed by atoms with E-state index in [-0.39, 0.29) is 5.82 Å². The second kappa shape index (κ2) is 3.42. The van der Waals surface area contributed by atoms with Gasteiger partial charge in [0, 0.05) is 12.6 Å². The van der Waals surface area contributed by atoms with Crippen LogP contribution in [0, 0.1) is 5.82 Å². The number of hydrogen-bond donors (Lipinski definition) is 0. The minimum absolute atomic E-state index is 0.264. The zero-order chi connectivity index (χ0) is 10.1. The smallest absolute Gasteiger partial charge is 0.202 e. The second-order valence-electron chi connectivity index (χ2n) is 2.98. The van der Waals surface area contributed by atoms with E-state index in [4.69, 9.17) is 11.6 Å². The van der Waals surface area contributed by atoms with Crippen molar-refractivity contribution in [2.75, 3.05) is 0 Å². The lowest BCUT2D eigenvalue weighted by Crippen LogP contribution is -1.91. The molecule has 1 aromatic carbocycles. The van der Waals surface area contributed by atoms with E-state index in [1.54, 1.807) is 23.9 Å². The van der Waals surface area contributed by atoms with Crippen LogP contribution in [0.5, 0.6) is 0 Å². The molecule has 1 aromatic heterocycles. The molecule has 0 saturated carbocycles. The largest absolute Gasteiger partial charge is 0.318 e. The average Bonchev–Trinajstić information content (AvgIpc) is 2.48. The lowest BCUT2D eigenvalue weighted by atomic mass is 10.1. The maximum atomic E-state index is 12.9. The normalized spacial score (nSPS) is 10.5. The van der Waals surface area contributed by atoms with Gasteiger partial charge >= 0.3 is 0 Å². The maximum Gasteiger partial charge on any atom is 0.202 e. The van der Waals surface area contributed by atoms with E-state index >= 15 is 0 Å². The maximum absolute atomic E-state index is 12.9. The van der Waals surface area contributed by atoms with Gasteiger partial charge in [0.15, 0.2) is 0 Å². The van der Waals surface area contributed by atoms with Gasteiger partial charge in [0.05, 0.1) is 11.9 Å². The van der Waals surface area contributed by atoms with Crippen molar-refractivity contribution < 1.29 is 4.39 Å². The number of imidazole rings is 1. The third-order valence-corrected chi connectivity index (χ3v) is 2.40. The van der Waals surface area contributed by atoms with E-state index in [1.807, 2.05) is 6.07 Å². The molecule has 72 valence electrons. The van der Waals surface area contributed by atoms with Crippen LogP contribution in [0.15, 0.2) is 30.5 Å². The van der Waals surface area contributed by atoms with Gasteiger partial charge in [-0.05, 0) is 23.7 Å². The van der Waals surface area contributed by atoms with Gasteiger partial charge in [-0.2, -0.15) is 0 Å². The van der Waals surface area contributed by atoms with Gasteiger partial charge in [0.2, 0.25) is 5.28 Å². The Morgan fingerprint density at radius 1 is 1.43 bits per heavy atom. The van der Waals surface area contributed by atoms with Gasteiger partial charge in [-0.1, -0.05) is 12.1 Å². The SMILES string of the molecule is Cn1c(-c2cccc(F)c2)cnc1Cl. The summed E-state index contributed by atoms with van der Waals surface area (Å²) < 4.78 is 14.6. The summed E-state index contributed by atoms with van der Waals surface area (Å²) in [7, 11) is 1.79. The molecule has 2 aromatic rings. The van der Waals surface area contributed by atoms with Crippen LogP contribution in [-0.2, 0) is 7.05 Å². The molecule has 0 unspecified atom stereocenters. The first-order chi connectivity index (χ1) is 6.68. The Hall–Kier alpha value is -1.35. The fourth-order valence-electron chi connectivity index (χ4n) is 1.30. The molecule has 0 bridgehead atoms. The van der Waals surface area contributed by atoms with E-state index in [0.29, 0.717) is 5.28 Å². The highest BCUT2D eigenvalue weighted by Crippen LogP contribution is 2.22. The van der Waals surface area contributed by atoms with E-state index in [9.17, 15) is 4.39 Å². The number of hydrogen-bond acceptors (Lipinski definition) is 1. The second-order valence-corrected chi connectivity index (χ2v) is 3.32. The first-order valence-electron chi connectivity index (χ1n) is 4.11. The van der Waals surface area contributed by atoms with Gasteiger partial charge in [0.25, 0.3) is 0 Å². The van der Waals surface area contributed by atoms with E-state index < -0.39 is 0 Å². The molecule has 2 nitrogen and oxygen atoms in total. The topological polar surface area (TPSA) is 17.8 Å². The molecule has 0 aliphatic heterocycles. The molecule has 14 heavy (non-hydrogen) atoms. The molecule has 0 saturated heterocycles. The summed E-state index contributed by atoms with van der Waals surface area (Å²) in [5.41, 5.74) is 1.57. The van der Waals surface area contributed by atoms with Crippen LogP contribution in [0.2, 0.25) is 5.28 Å². The fraction of sp³-hybridized carbons (Fsp3) is 0.100. The first kappa shape index (κ1) is 9.21. The van der Waals surface area contributed by atoms with Gasteiger partial charge < -0.3 is 4.57 Å². The minimum atomic E-state index is -0.264. The third-order valence-electron chi connectivity index (χ3n) is 2.05. The zero-order valence-electron chi connectivity index (χ0n) is 7.54. The number of benzene rings is 1. The van der Waals surface area contributed by atoms with Crippen molar-refractivity contribution in [3.63, 3.8) is 0 Å². The summed E-state index contributed by atoms with van der Waals surface area (Å²) in [6.45, 7) is 0. The lowest BCUT2D eigenvalue weighted by Gasteiger charge is -2.02. The molecule has 0 fully saturated rings. The number of nitrogens with zero attached hydrogens (tertiary/aromatic N) is 2. The number of rotatable bonds is 1. The molecular weight excluding hydrogens is 203 g/mol. The Bertz CT molecular complexity index is 465. The lowest BCUT2D eigenvalue weighted by molar-refractivity contribution is 0.628. The highest BCUT2D eigenvalue weighted by atomic mass is 35.5. The van der Waals surface area contributed by atoms with E-state index in [1.165, 1.54) is 12.1 Å². The minimum Gasteiger partial charge on any atom is -0.318 e. The van der Waals surface area contributed by atoms with Crippen LogP contribution in [0.3, 0.4) is 0 Å². The Morgan fingerprint density at radius 2 is 2.21 bits per heavy atom. The Balaban J connectivity index is 2.55. The molecule has 2 rings (SSSR count). The summed E-state index contributed by atoms with van der Waals surface area (Å²) >= 11 is 5.78. The van der Waals surface area contributed by atoms with Crippen LogP contribution in [0.1, 0.15) is 0 Å². The van der Waals surface area contributed by atoms with Crippen LogP contribution >= 0.6 is 11.6 Å². The molecule has 0 spiro atoms. The summed E-state index contributed by atoms with van der Waals surface area (Å²) in [5.74, 6) is -0.264. The molecule has 0 atom stereocenters. The quantitative estimate of drug-likeness (QED) is 0.708. The Morgan fingerprint density at radius 3 is 2.79 bits per heavy atom. The van der Waals surface area contributed by atoms with Crippen LogP contribution in [0.25, 0.3) is 11.3 Å². The Kier molecular flexibility index (Phi) is 2.25. The van der Waals surface area contributed by atoms with Crippen molar-refractivity contribution in [1.29, 1.82) is 0 Å². The van der Waals surface area contributed by atoms with Crippen LogP contribution in [-0.4, -0.2) is 9.55 Å². The standard InChI is InChI=1S/C10H8ClFN2/c1-14-9(6-13-10(14)11)7-3-2-4-8(12)5-7/h2-6H,1H3.